The molecule has 1 aromatic heterocycles. The quantitative estimate of drug-likeness (QED) is 0.797. The summed E-state index contributed by atoms with van der Waals surface area (Å²) in [7, 11) is 0. The first kappa shape index (κ1) is 11.1. The third-order valence-corrected chi connectivity index (χ3v) is 2.38. The third-order valence-electron chi connectivity index (χ3n) is 2.38. The van der Waals surface area contributed by atoms with Crippen molar-refractivity contribution in [2.24, 2.45) is 0 Å². The summed E-state index contributed by atoms with van der Waals surface area (Å²) in [5.74, 6) is 1.33. The molecule has 2 rings (SSSR count). The number of rotatable bonds is 4. The first-order valence-electron chi connectivity index (χ1n) is 5.70. The molecule has 0 radical (unpaired) electrons. The molecule has 1 aliphatic heterocycles. The van der Waals surface area contributed by atoms with E-state index in [0.717, 1.165) is 25.3 Å². The molecule has 2 heterocycles. The molecule has 1 aliphatic rings. The van der Waals surface area contributed by atoms with Gasteiger partial charge in [-0.05, 0) is 26.8 Å². The monoisotopic (exact) mass is 222 g/mol. The Kier molecular flexibility index (Phi) is 3.56. The van der Waals surface area contributed by atoms with Gasteiger partial charge in [0.05, 0.1) is 0 Å². The molecule has 0 aliphatic carbocycles. The second-order valence-corrected chi connectivity index (χ2v) is 4.24. The van der Waals surface area contributed by atoms with Gasteiger partial charge >= 0.3 is 0 Å². The van der Waals surface area contributed by atoms with E-state index < -0.39 is 0 Å². The zero-order chi connectivity index (χ0) is 11.4. The topological polar surface area (TPSA) is 59.1 Å². The maximum absolute atomic E-state index is 5.81. The van der Waals surface area contributed by atoms with Crippen molar-refractivity contribution in [1.82, 2.24) is 15.3 Å². The average molecular weight is 222 g/mol. The van der Waals surface area contributed by atoms with Crippen LogP contribution in [0, 0.1) is 0 Å². The highest BCUT2D eigenvalue weighted by Gasteiger charge is 2.18. The van der Waals surface area contributed by atoms with Crippen LogP contribution in [-0.4, -0.2) is 35.2 Å². The molecule has 88 valence electrons. The van der Waals surface area contributed by atoms with Crippen LogP contribution in [0.15, 0.2) is 12.4 Å². The smallest absolute Gasteiger partial charge is 0.257 e. The lowest BCUT2D eigenvalue weighted by molar-refractivity contribution is 0.214. The second kappa shape index (κ2) is 5.12. The van der Waals surface area contributed by atoms with Crippen LogP contribution in [0.4, 0.5) is 5.82 Å². The van der Waals surface area contributed by atoms with Crippen LogP contribution in [0.2, 0.25) is 0 Å². The van der Waals surface area contributed by atoms with Crippen LogP contribution < -0.4 is 15.4 Å². The summed E-state index contributed by atoms with van der Waals surface area (Å²) in [6.07, 6.45) is 4.56. The van der Waals surface area contributed by atoms with Gasteiger partial charge in [-0.3, -0.25) is 0 Å². The Balaban J connectivity index is 2.06. The average Bonchev–Trinajstić information content (AvgIpc) is 2.73. The molecule has 1 aromatic rings. The summed E-state index contributed by atoms with van der Waals surface area (Å²) in [5.41, 5.74) is 0. The lowest BCUT2D eigenvalue weighted by atomic mass is 10.3. The number of hydrogen-bond donors (Lipinski definition) is 2. The van der Waals surface area contributed by atoms with E-state index in [2.05, 4.69) is 34.4 Å². The van der Waals surface area contributed by atoms with Crippen molar-refractivity contribution in [2.45, 2.75) is 32.4 Å². The first-order chi connectivity index (χ1) is 7.75. The van der Waals surface area contributed by atoms with Gasteiger partial charge in [-0.1, -0.05) is 0 Å². The normalized spacial score (nSPS) is 20.1. The highest BCUT2D eigenvalue weighted by molar-refractivity contribution is 5.45. The second-order valence-electron chi connectivity index (χ2n) is 4.24. The molecule has 0 amide bonds. The van der Waals surface area contributed by atoms with Crippen molar-refractivity contribution >= 4 is 5.82 Å². The number of anilines is 1. The van der Waals surface area contributed by atoms with E-state index in [0.29, 0.717) is 11.9 Å². The van der Waals surface area contributed by atoms with Crippen LogP contribution in [0.3, 0.4) is 0 Å². The summed E-state index contributed by atoms with van der Waals surface area (Å²) in [4.78, 5) is 8.46. The molecule has 16 heavy (non-hydrogen) atoms. The summed E-state index contributed by atoms with van der Waals surface area (Å²) >= 11 is 0. The Labute approximate surface area is 95.6 Å². The fraction of sp³-hybridized carbons (Fsp3) is 0.636. The molecule has 0 bridgehead atoms. The Morgan fingerprint density at radius 1 is 1.44 bits per heavy atom. The number of aromatic nitrogens is 2. The minimum Gasteiger partial charge on any atom is -0.470 e. The van der Waals surface area contributed by atoms with Crippen molar-refractivity contribution in [2.75, 3.05) is 18.4 Å². The van der Waals surface area contributed by atoms with Crippen molar-refractivity contribution in [3.05, 3.63) is 12.4 Å². The number of hydrogen-bond acceptors (Lipinski definition) is 5. The maximum atomic E-state index is 5.81. The minimum atomic E-state index is 0.212. The Morgan fingerprint density at radius 3 is 2.94 bits per heavy atom. The van der Waals surface area contributed by atoms with Gasteiger partial charge in [0, 0.05) is 25.0 Å². The number of ether oxygens (including phenoxy) is 1. The van der Waals surface area contributed by atoms with Crippen molar-refractivity contribution < 1.29 is 4.74 Å². The van der Waals surface area contributed by atoms with Gasteiger partial charge in [-0.15, -0.1) is 0 Å². The predicted molar refractivity (Wildman–Crippen MR) is 62.7 cm³/mol. The highest BCUT2D eigenvalue weighted by atomic mass is 16.5. The molecule has 5 nitrogen and oxygen atoms in total. The first-order valence-corrected chi connectivity index (χ1v) is 5.70. The number of nitrogens with zero attached hydrogens (tertiary/aromatic N) is 2. The summed E-state index contributed by atoms with van der Waals surface area (Å²) in [6.45, 7) is 6.03. The van der Waals surface area contributed by atoms with Crippen molar-refractivity contribution in [3.63, 3.8) is 0 Å². The zero-order valence-corrected chi connectivity index (χ0v) is 9.73. The lowest BCUT2D eigenvalue weighted by Crippen LogP contribution is -2.22. The van der Waals surface area contributed by atoms with E-state index >= 15 is 0 Å². The van der Waals surface area contributed by atoms with Gasteiger partial charge < -0.3 is 15.4 Å². The van der Waals surface area contributed by atoms with Crippen molar-refractivity contribution in [3.8, 4) is 5.88 Å². The largest absolute Gasteiger partial charge is 0.470 e. The zero-order valence-electron chi connectivity index (χ0n) is 9.73. The molecule has 2 N–H and O–H groups in total. The molecular formula is C11H18N4O. The van der Waals surface area contributed by atoms with E-state index in [-0.39, 0.29) is 6.10 Å². The molecular weight excluding hydrogens is 204 g/mol. The van der Waals surface area contributed by atoms with Crippen LogP contribution >= 0.6 is 0 Å². The lowest BCUT2D eigenvalue weighted by Gasteiger charge is -2.16. The van der Waals surface area contributed by atoms with Crippen LogP contribution in [0.1, 0.15) is 20.3 Å². The van der Waals surface area contributed by atoms with E-state index in [1.807, 2.05) is 0 Å². The van der Waals surface area contributed by atoms with Crippen LogP contribution in [-0.2, 0) is 0 Å². The Morgan fingerprint density at radius 2 is 2.25 bits per heavy atom. The maximum Gasteiger partial charge on any atom is 0.257 e. The highest BCUT2D eigenvalue weighted by Crippen LogP contribution is 2.20. The molecule has 1 atom stereocenters. The van der Waals surface area contributed by atoms with E-state index in [1.165, 1.54) is 0 Å². The SMILES string of the molecule is CC(C)Nc1nccnc1OC1CCNC1. The van der Waals surface area contributed by atoms with Gasteiger partial charge in [-0.25, -0.2) is 9.97 Å². The van der Waals surface area contributed by atoms with Crippen molar-refractivity contribution in [1.29, 1.82) is 0 Å². The standard InChI is InChI=1S/C11H18N4O/c1-8(2)15-10-11(14-6-5-13-10)16-9-3-4-12-7-9/h5-6,8-9,12H,3-4,7H2,1-2H3,(H,13,15). The van der Waals surface area contributed by atoms with Gasteiger partial charge in [-0.2, -0.15) is 0 Å². The molecule has 1 fully saturated rings. The third kappa shape index (κ3) is 2.82. The van der Waals surface area contributed by atoms with Gasteiger partial charge in [0.1, 0.15) is 6.10 Å². The van der Waals surface area contributed by atoms with E-state index in [4.69, 9.17) is 4.74 Å². The Hall–Kier alpha value is -1.36. The molecule has 5 heteroatoms. The van der Waals surface area contributed by atoms with E-state index in [1.54, 1.807) is 12.4 Å². The van der Waals surface area contributed by atoms with E-state index in [9.17, 15) is 0 Å². The van der Waals surface area contributed by atoms with Gasteiger partial charge in [0.2, 0.25) is 0 Å². The minimum absolute atomic E-state index is 0.212. The predicted octanol–water partition coefficient (Wildman–Crippen LogP) is 1.04. The van der Waals surface area contributed by atoms with Gasteiger partial charge in [0.15, 0.2) is 5.82 Å². The van der Waals surface area contributed by atoms with Gasteiger partial charge in [0.25, 0.3) is 5.88 Å². The molecule has 0 saturated carbocycles. The molecule has 0 aromatic carbocycles. The summed E-state index contributed by atoms with van der Waals surface area (Å²) in [5, 5.41) is 6.49. The Bertz CT molecular complexity index is 337. The number of nitrogens with one attached hydrogen (secondary N) is 2. The molecule has 0 spiro atoms. The molecule has 1 saturated heterocycles. The fourth-order valence-electron chi connectivity index (χ4n) is 1.67. The van der Waals surface area contributed by atoms with Crippen LogP contribution in [0.5, 0.6) is 5.88 Å². The summed E-state index contributed by atoms with van der Waals surface area (Å²) < 4.78 is 5.81. The fourth-order valence-corrected chi connectivity index (χ4v) is 1.67. The summed E-state index contributed by atoms with van der Waals surface area (Å²) in [6, 6.07) is 0.320. The van der Waals surface area contributed by atoms with Crippen LogP contribution in [0.25, 0.3) is 0 Å². The molecule has 1 unspecified atom stereocenters.